The first-order valence-electron chi connectivity index (χ1n) is 15.2. The Hall–Kier alpha value is -2.66. The first-order valence-corrected chi connectivity index (χ1v) is 16.7. The van der Waals surface area contributed by atoms with Gasteiger partial charge in [0, 0.05) is 37.8 Å². The number of amides is 1. The molecule has 232 valence electrons. The minimum atomic E-state index is -3.86. The first kappa shape index (κ1) is 32.3. The molecule has 4 rings (SSSR count). The molecule has 10 heteroatoms. The second-order valence-electron chi connectivity index (χ2n) is 12.1. The van der Waals surface area contributed by atoms with Gasteiger partial charge in [0.2, 0.25) is 0 Å². The van der Waals surface area contributed by atoms with Crippen molar-refractivity contribution in [3.8, 4) is 5.75 Å². The Labute approximate surface area is 251 Å². The van der Waals surface area contributed by atoms with Gasteiger partial charge in [-0.1, -0.05) is 25.1 Å². The van der Waals surface area contributed by atoms with Gasteiger partial charge in [-0.2, -0.15) is 0 Å². The van der Waals surface area contributed by atoms with E-state index >= 15 is 0 Å². The van der Waals surface area contributed by atoms with Crippen molar-refractivity contribution in [1.29, 1.82) is 0 Å². The van der Waals surface area contributed by atoms with Crippen LogP contribution in [0.4, 0.5) is 5.69 Å². The molecule has 42 heavy (non-hydrogen) atoms. The van der Waals surface area contributed by atoms with Crippen LogP contribution in [0.3, 0.4) is 0 Å². The van der Waals surface area contributed by atoms with Crippen molar-refractivity contribution in [2.24, 2.45) is 11.8 Å². The zero-order valence-corrected chi connectivity index (χ0v) is 26.2. The van der Waals surface area contributed by atoms with Gasteiger partial charge in [0.25, 0.3) is 15.9 Å². The molecule has 1 saturated carbocycles. The van der Waals surface area contributed by atoms with E-state index in [4.69, 9.17) is 9.47 Å². The first-order chi connectivity index (χ1) is 20.1. The molecule has 0 bridgehead atoms. The number of hydrogen-bond donors (Lipinski definition) is 2. The highest BCUT2D eigenvalue weighted by Gasteiger charge is 2.31. The van der Waals surface area contributed by atoms with Crippen LogP contribution in [-0.4, -0.2) is 87.4 Å². The lowest BCUT2D eigenvalue weighted by molar-refractivity contribution is -0.0172. The number of hydrogen-bond acceptors (Lipinski definition) is 7. The zero-order valence-electron chi connectivity index (χ0n) is 25.4. The summed E-state index contributed by atoms with van der Waals surface area (Å²) in [5.74, 6) is 0.832. The van der Waals surface area contributed by atoms with Crippen LogP contribution < -0.4 is 9.46 Å². The fourth-order valence-electron chi connectivity index (χ4n) is 5.39. The number of sulfonamides is 1. The van der Waals surface area contributed by atoms with Crippen molar-refractivity contribution in [3.63, 3.8) is 0 Å². The third-order valence-corrected chi connectivity index (χ3v) is 9.51. The predicted molar refractivity (Wildman–Crippen MR) is 164 cm³/mol. The highest BCUT2D eigenvalue weighted by molar-refractivity contribution is 7.92. The molecule has 0 radical (unpaired) electrons. The van der Waals surface area contributed by atoms with Crippen molar-refractivity contribution in [2.45, 2.75) is 76.0 Å². The van der Waals surface area contributed by atoms with Crippen LogP contribution in [0.5, 0.6) is 5.75 Å². The van der Waals surface area contributed by atoms with Gasteiger partial charge in [-0.05, 0) is 89.2 Å². The third kappa shape index (κ3) is 8.92. The van der Waals surface area contributed by atoms with Crippen molar-refractivity contribution < 1.29 is 27.8 Å². The molecule has 2 aliphatic rings. The minimum Gasteiger partial charge on any atom is -0.490 e. The normalized spacial score (nSPS) is 23.5. The SMILES string of the molecule is C[C@H]1CCCCO[C@H](CN(C)CC2CC2)[C@@H](C)CN([C@@H](C)CO)C(=O)c2cc(NS(=O)(=O)c3ccccc3)ccc2O1. The summed E-state index contributed by atoms with van der Waals surface area (Å²) < 4.78 is 41.4. The lowest BCUT2D eigenvalue weighted by Gasteiger charge is -2.36. The number of fused-ring (bicyclic) bond motifs is 1. The van der Waals surface area contributed by atoms with Crippen LogP contribution in [0, 0.1) is 11.8 Å². The van der Waals surface area contributed by atoms with Crippen LogP contribution in [0.1, 0.15) is 63.2 Å². The van der Waals surface area contributed by atoms with Crippen LogP contribution >= 0.6 is 0 Å². The van der Waals surface area contributed by atoms with Gasteiger partial charge >= 0.3 is 0 Å². The molecule has 4 atom stereocenters. The number of benzene rings is 2. The quantitative estimate of drug-likeness (QED) is 0.432. The lowest BCUT2D eigenvalue weighted by Crippen LogP contribution is -2.47. The monoisotopic (exact) mass is 601 g/mol. The van der Waals surface area contributed by atoms with Crippen molar-refractivity contribution >= 4 is 21.6 Å². The van der Waals surface area contributed by atoms with Gasteiger partial charge in [0.15, 0.2) is 0 Å². The Kier molecular flexibility index (Phi) is 11.3. The average Bonchev–Trinajstić information content (AvgIpc) is 3.78. The fraction of sp³-hybridized carbons (Fsp3) is 0.594. The maximum absolute atomic E-state index is 14.2. The second-order valence-corrected chi connectivity index (χ2v) is 13.8. The summed E-state index contributed by atoms with van der Waals surface area (Å²) in [6, 6.07) is 12.4. The summed E-state index contributed by atoms with van der Waals surface area (Å²) in [5, 5.41) is 10.1. The molecule has 1 aliphatic heterocycles. The molecule has 1 aliphatic carbocycles. The van der Waals surface area contributed by atoms with Gasteiger partial charge in [0.1, 0.15) is 5.75 Å². The molecular weight excluding hydrogens is 554 g/mol. The maximum Gasteiger partial charge on any atom is 0.261 e. The standard InChI is InChI=1S/C32H47N3O6S/c1-23-19-35(24(2)22-36)32(37)29-18-27(33-42(38,39)28-11-6-5-7-12-28)15-16-30(29)41-25(3)10-8-9-17-40-31(23)21-34(4)20-26-13-14-26/h5-7,11-12,15-16,18,23-26,31,33,36H,8-10,13-14,17,19-22H2,1-4H3/t23-,24-,25-,31+/m0/s1. The molecule has 1 heterocycles. The van der Waals surface area contributed by atoms with Crippen LogP contribution in [-0.2, 0) is 14.8 Å². The summed E-state index contributed by atoms with van der Waals surface area (Å²) in [6.45, 7) is 8.50. The van der Waals surface area contributed by atoms with Gasteiger partial charge in [-0.25, -0.2) is 8.42 Å². The zero-order chi connectivity index (χ0) is 30.3. The number of aliphatic hydroxyl groups excluding tert-OH is 1. The maximum atomic E-state index is 14.2. The summed E-state index contributed by atoms with van der Waals surface area (Å²) in [5.41, 5.74) is 0.513. The highest BCUT2D eigenvalue weighted by Crippen LogP contribution is 2.31. The molecule has 9 nitrogen and oxygen atoms in total. The van der Waals surface area contributed by atoms with Gasteiger partial charge < -0.3 is 24.4 Å². The topological polar surface area (TPSA) is 108 Å². The number of likely N-dealkylation sites (N-methyl/N-ethyl adjacent to an activating group) is 1. The number of aliphatic hydroxyl groups is 1. The third-order valence-electron chi connectivity index (χ3n) is 8.12. The number of carbonyl (C=O) groups is 1. The molecule has 1 amide bonds. The van der Waals surface area contributed by atoms with Crippen molar-refractivity contribution in [2.75, 3.05) is 44.6 Å². The molecule has 0 saturated heterocycles. The van der Waals surface area contributed by atoms with E-state index in [-0.39, 0.29) is 46.8 Å². The molecule has 2 aromatic rings. The summed E-state index contributed by atoms with van der Waals surface area (Å²) in [4.78, 5) is 18.4. The molecule has 2 aromatic carbocycles. The number of rotatable bonds is 9. The molecule has 2 N–H and O–H groups in total. The number of ether oxygens (including phenoxy) is 2. The van der Waals surface area contributed by atoms with Crippen molar-refractivity contribution in [3.05, 3.63) is 54.1 Å². The lowest BCUT2D eigenvalue weighted by atomic mass is 10.0. The van der Waals surface area contributed by atoms with E-state index in [0.29, 0.717) is 18.9 Å². The van der Waals surface area contributed by atoms with E-state index in [2.05, 4.69) is 23.6 Å². The highest BCUT2D eigenvalue weighted by atomic mass is 32.2. The van der Waals surface area contributed by atoms with Crippen LogP contribution in [0.2, 0.25) is 0 Å². The van der Waals surface area contributed by atoms with E-state index in [9.17, 15) is 18.3 Å². The largest absolute Gasteiger partial charge is 0.490 e. The molecule has 0 spiro atoms. The predicted octanol–water partition coefficient (Wildman–Crippen LogP) is 4.62. The van der Waals surface area contributed by atoms with Crippen molar-refractivity contribution in [1.82, 2.24) is 9.80 Å². The van der Waals surface area contributed by atoms with Gasteiger partial charge in [-0.3, -0.25) is 9.52 Å². The van der Waals surface area contributed by atoms with Gasteiger partial charge in [0.05, 0.1) is 35.3 Å². The summed E-state index contributed by atoms with van der Waals surface area (Å²) in [7, 11) is -1.73. The van der Waals surface area contributed by atoms with Gasteiger partial charge in [-0.15, -0.1) is 0 Å². The van der Waals surface area contributed by atoms with E-state index in [1.54, 1.807) is 35.2 Å². The summed E-state index contributed by atoms with van der Waals surface area (Å²) >= 11 is 0. The Morgan fingerprint density at radius 1 is 1.07 bits per heavy atom. The Morgan fingerprint density at radius 2 is 1.81 bits per heavy atom. The number of nitrogens with one attached hydrogen (secondary N) is 1. The van der Waals surface area contributed by atoms with E-state index in [1.807, 2.05) is 13.8 Å². The fourth-order valence-corrected chi connectivity index (χ4v) is 6.46. The van der Waals surface area contributed by atoms with E-state index < -0.39 is 16.1 Å². The number of carbonyl (C=O) groups excluding carboxylic acids is 1. The smallest absolute Gasteiger partial charge is 0.261 e. The Balaban J connectivity index is 1.65. The second kappa shape index (κ2) is 14.7. The Bertz CT molecular complexity index is 1270. The number of anilines is 1. The van der Waals surface area contributed by atoms with E-state index in [1.165, 1.54) is 31.0 Å². The van der Waals surface area contributed by atoms with Crippen LogP contribution in [0.25, 0.3) is 0 Å². The van der Waals surface area contributed by atoms with E-state index in [0.717, 1.165) is 38.3 Å². The van der Waals surface area contributed by atoms with Crippen LogP contribution in [0.15, 0.2) is 53.4 Å². The molecule has 0 unspecified atom stereocenters. The Morgan fingerprint density at radius 3 is 2.50 bits per heavy atom. The molecule has 0 aromatic heterocycles. The molecular formula is C32H47N3O6S. The average molecular weight is 602 g/mol. The minimum absolute atomic E-state index is 0.00407. The number of nitrogens with zero attached hydrogens (tertiary/aromatic N) is 2. The summed E-state index contributed by atoms with van der Waals surface area (Å²) in [6.07, 6.45) is 4.95. The molecule has 1 fully saturated rings.